The molecule has 0 fully saturated rings. The van der Waals surface area contributed by atoms with Gasteiger partial charge in [0.05, 0.1) is 0 Å². The maximum absolute atomic E-state index is 3.31. The number of hydrogen-bond acceptors (Lipinski definition) is 0. The van der Waals surface area contributed by atoms with Crippen molar-refractivity contribution in [2.24, 2.45) is 0 Å². The molecule has 0 aliphatic carbocycles. The predicted molar refractivity (Wildman–Crippen MR) is 13.6 cm³/mol. The topological polar surface area (TPSA) is 31.5 Å². The summed E-state index contributed by atoms with van der Waals surface area (Å²) in [7, 11) is 0. The van der Waals surface area contributed by atoms with Gasteiger partial charge in [-0.1, -0.05) is 0 Å². The molecular weight excluding hydrogens is 216 g/mol. The molecule has 0 aliphatic heterocycles. The van der Waals surface area contributed by atoms with Crippen LogP contribution in [0.1, 0.15) is 0 Å². The first-order valence-corrected chi connectivity index (χ1v) is 2.00. The fraction of sp³-hybridized carbons (Fsp3) is 0. The van der Waals surface area contributed by atoms with Gasteiger partial charge in [0.1, 0.15) is 0 Å². The first kappa shape index (κ1) is 27.9. The van der Waals surface area contributed by atoms with Gasteiger partial charge in [-0.3, -0.25) is 0 Å². The standard InChI is InChI=1S/Al.Co.Fe.Ni.H2O.3H/h;;;;1H2;;;. The maximum atomic E-state index is 3.31. The van der Waals surface area contributed by atoms with E-state index in [2.05, 4.69) is 28.2 Å². The molecule has 2 N–H and O–H groups in total. The third kappa shape index (κ3) is 23.9. The van der Waals surface area contributed by atoms with E-state index in [9.17, 15) is 0 Å². The van der Waals surface area contributed by atoms with E-state index in [1.807, 2.05) is 0 Å². The van der Waals surface area contributed by atoms with E-state index in [0.717, 1.165) is 0 Å². The van der Waals surface area contributed by atoms with Gasteiger partial charge in [-0.15, -0.1) is 0 Å². The Hall–Kier alpha value is 2.01. The van der Waals surface area contributed by atoms with Crippen molar-refractivity contribution in [3.63, 3.8) is 0 Å². The quantitative estimate of drug-likeness (QED) is 0.423. The van der Waals surface area contributed by atoms with E-state index >= 15 is 0 Å². The molecule has 0 atom stereocenters. The molecule has 0 aromatic carbocycles. The second-order valence-electron chi connectivity index (χ2n) is 0. The van der Waals surface area contributed by atoms with Gasteiger partial charge in [-0.25, -0.2) is 0 Å². The van der Waals surface area contributed by atoms with Crippen LogP contribution >= 0.6 is 0 Å². The molecule has 0 unspecified atom stereocenters. The molecule has 5 heteroatoms. The van der Waals surface area contributed by atoms with Gasteiger partial charge in [-0.2, -0.15) is 0 Å². The largest absolute Gasteiger partial charge is 0 e. The molecule has 0 rings (SSSR count). The minimum absolute atomic E-state index is 0. The molecule has 0 aromatic heterocycles. The molecule has 0 aliphatic rings. The average Bonchev–Trinajstić information content (AvgIpc) is 1.00. The summed E-state index contributed by atoms with van der Waals surface area (Å²) in [4.78, 5) is 0. The third-order valence-electron chi connectivity index (χ3n) is 0. The van der Waals surface area contributed by atoms with Gasteiger partial charge in [0.25, 0.3) is 0 Å². The van der Waals surface area contributed by atoms with Gasteiger partial charge < -0.3 is 5.48 Å². The van der Waals surface area contributed by atoms with Gasteiger partial charge in [-0.05, 0) is 0 Å². The van der Waals surface area contributed by atoms with Crippen LogP contribution in [0.5, 0.6) is 0 Å². The monoisotopic (exact) mass is 221 g/mol. The normalized spacial score (nSPS) is 1.40. The second-order valence-corrected chi connectivity index (χ2v) is 0. The van der Waals surface area contributed by atoms with Crippen molar-refractivity contribution in [2.45, 2.75) is 0 Å². The van der Waals surface area contributed by atoms with Crippen molar-refractivity contribution < 1.29 is 50.1 Å². The van der Waals surface area contributed by atoms with Crippen LogP contribution in [-0.4, -0.2) is 22.8 Å². The molecule has 0 amide bonds. The third-order valence-corrected chi connectivity index (χ3v) is 0. The van der Waals surface area contributed by atoms with Crippen molar-refractivity contribution in [2.75, 3.05) is 0 Å². The van der Waals surface area contributed by atoms with Crippen LogP contribution in [0.2, 0.25) is 0 Å². The molecule has 0 radical (unpaired) electrons. The summed E-state index contributed by atoms with van der Waals surface area (Å²) < 4.78 is 0. The van der Waals surface area contributed by atoms with E-state index in [4.69, 9.17) is 0 Å². The van der Waals surface area contributed by atoms with Gasteiger partial charge in [0, 0.05) is 16.5 Å². The van der Waals surface area contributed by atoms with Crippen LogP contribution < -0.4 is 0 Å². The van der Waals surface area contributed by atoms with Crippen LogP contribution in [0.4, 0.5) is 0 Å². The van der Waals surface area contributed by atoms with Crippen LogP contribution in [0.3, 0.4) is 0 Å². The summed E-state index contributed by atoms with van der Waals surface area (Å²) in [5, 5.41) is 0. The molecule has 0 aromatic rings. The van der Waals surface area contributed by atoms with E-state index in [0.29, 0.717) is 0 Å². The molecule has 0 saturated carbocycles. The second kappa shape index (κ2) is 37.3. The Morgan fingerprint density at radius 1 is 1.20 bits per heavy atom. The van der Waals surface area contributed by atoms with Crippen LogP contribution in [-0.2, 0) is 44.7 Å². The van der Waals surface area contributed by atoms with Crippen LogP contribution in [0.15, 0.2) is 0 Å². The molecular formula is H5AlCoFeNiO. The summed E-state index contributed by atoms with van der Waals surface area (Å²) in [6.07, 6.45) is 0. The van der Waals surface area contributed by atoms with Crippen molar-refractivity contribution in [3.05, 3.63) is 0 Å². The number of rotatable bonds is 0. The van der Waals surface area contributed by atoms with Crippen molar-refractivity contribution in [3.8, 4) is 0 Å². The molecule has 5 heavy (non-hydrogen) atoms. The minimum Gasteiger partial charge on any atom is 0 e. The van der Waals surface area contributed by atoms with Crippen molar-refractivity contribution >= 4 is 17.4 Å². The Labute approximate surface area is 67.0 Å². The Morgan fingerprint density at radius 3 is 1.20 bits per heavy atom. The van der Waals surface area contributed by atoms with Crippen LogP contribution in [0, 0.1) is 0 Å². The van der Waals surface area contributed by atoms with Crippen molar-refractivity contribution in [1.82, 2.24) is 0 Å². The summed E-state index contributed by atoms with van der Waals surface area (Å²) in [6, 6.07) is 0. The zero-order valence-electron chi connectivity index (χ0n) is 1.50. The summed E-state index contributed by atoms with van der Waals surface area (Å²) in [5.41, 5.74) is 0. The molecule has 0 spiro atoms. The van der Waals surface area contributed by atoms with Gasteiger partial charge in [0.2, 0.25) is 0 Å². The fourth-order valence-corrected chi connectivity index (χ4v) is 0. The predicted octanol–water partition coefficient (Wildman–Crippen LogP) is -2.02. The molecule has 0 heterocycles. The SMILES string of the molecule is O.[AlH3].[Fe][Co].[Ni]. The first-order chi connectivity index (χ1) is 1.00. The summed E-state index contributed by atoms with van der Waals surface area (Å²) in [6.45, 7) is 0. The fourth-order valence-electron chi connectivity index (χ4n) is 0. The summed E-state index contributed by atoms with van der Waals surface area (Å²) >= 11 is 6.25. The van der Waals surface area contributed by atoms with E-state index in [-0.39, 0.29) is 39.3 Å². The number of hydrogen-bond donors (Lipinski definition) is 0. The van der Waals surface area contributed by atoms with Crippen molar-refractivity contribution in [1.29, 1.82) is 0 Å². The first-order valence-electron chi connectivity index (χ1n) is 0.118. The Balaban J connectivity index is -0.00000000167. The Kier molecular flexibility index (Phi) is 208. The van der Waals surface area contributed by atoms with Gasteiger partial charge >= 0.3 is 28.2 Å². The Bertz CT molecular complexity index is 11.6. The molecule has 0 bridgehead atoms. The molecule has 41 valence electrons. The van der Waals surface area contributed by atoms with Crippen LogP contribution in [0.25, 0.3) is 0 Å². The minimum atomic E-state index is 0. The zero-order chi connectivity index (χ0) is 2.00. The molecule has 0 saturated heterocycles. The molecule has 1 nitrogen and oxygen atoms in total. The Morgan fingerprint density at radius 2 is 1.20 bits per heavy atom. The van der Waals surface area contributed by atoms with Gasteiger partial charge in [0.15, 0.2) is 17.4 Å². The van der Waals surface area contributed by atoms with E-state index in [1.165, 1.54) is 0 Å². The zero-order valence-corrected chi connectivity index (χ0v) is 4.64. The summed E-state index contributed by atoms with van der Waals surface area (Å²) in [5.74, 6) is 0. The van der Waals surface area contributed by atoms with E-state index in [1.54, 1.807) is 0 Å². The smallest absolute Gasteiger partial charge is 0 e. The average molecular weight is 221 g/mol. The maximum Gasteiger partial charge on any atom is 0 e. The van der Waals surface area contributed by atoms with E-state index < -0.39 is 0 Å².